The highest BCUT2D eigenvalue weighted by Crippen LogP contribution is 2.16. The zero-order chi connectivity index (χ0) is 13.8. The minimum atomic E-state index is -0.943. The monoisotopic (exact) mass is 278 g/mol. The van der Waals surface area contributed by atoms with Crippen LogP contribution in [0.2, 0.25) is 5.02 Å². The van der Waals surface area contributed by atoms with Gasteiger partial charge in [-0.05, 0) is 30.7 Å². The Morgan fingerprint density at radius 2 is 2.00 bits per heavy atom. The molecule has 1 heterocycles. The maximum Gasteiger partial charge on any atom is 0.303 e. The normalized spacial score (nSPS) is 10.4. The van der Waals surface area contributed by atoms with Gasteiger partial charge in [-0.1, -0.05) is 11.6 Å². The Morgan fingerprint density at radius 1 is 1.32 bits per heavy atom. The third kappa shape index (κ3) is 3.42. The number of carboxylic acids is 1. The summed E-state index contributed by atoms with van der Waals surface area (Å²) in [6, 6.07) is 6.90. The standard InChI is InChI=1S/C13H11ClN2O3/c14-10-4-1-8(2-5-10)12-15-7-9(13(19)16-12)3-6-11(17)18/h1-2,4-5,7H,3,6H2,(H,17,18)(H,15,16,19). The quantitative estimate of drug-likeness (QED) is 0.897. The molecule has 1 aromatic heterocycles. The summed E-state index contributed by atoms with van der Waals surface area (Å²) in [5.41, 5.74) is 0.785. The number of rotatable bonds is 4. The number of aryl methyl sites for hydroxylation is 1. The van der Waals surface area contributed by atoms with Crippen molar-refractivity contribution < 1.29 is 9.90 Å². The molecule has 0 fully saturated rings. The van der Waals surface area contributed by atoms with E-state index in [1.807, 2.05) is 0 Å². The van der Waals surface area contributed by atoms with Crippen LogP contribution >= 0.6 is 11.6 Å². The number of H-pyrrole nitrogens is 1. The molecule has 0 amide bonds. The van der Waals surface area contributed by atoms with Crippen LogP contribution in [0.15, 0.2) is 35.3 Å². The van der Waals surface area contributed by atoms with E-state index in [9.17, 15) is 9.59 Å². The van der Waals surface area contributed by atoms with Crippen molar-refractivity contribution in [3.05, 3.63) is 51.4 Å². The van der Waals surface area contributed by atoms with Crippen molar-refractivity contribution in [1.82, 2.24) is 9.97 Å². The van der Waals surface area contributed by atoms with Crippen LogP contribution in [0.25, 0.3) is 11.4 Å². The smallest absolute Gasteiger partial charge is 0.303 e. The van der Waals surface area contributed by atoms with Crippen molar-refractivity contribution >= 4 is 17.6 Å². The zero-order valence-electron chi connectivity index (χ0n) is 9.89. The molecule has 6 heteroatoms. The van der Waals surface area contributed by atoms with Gasteiger partial charge in [0.1, 0.15) is 5.82 Å². The molecule has 0 atom stereocenters. The number of hydrogen-bond acceptors (Lipinski definition) is 3. The second kappa shape index (κ2) is 5.67. The first kappa shape index (κ1) is 13.3. The molecule has 0 unspecified atom stereocenters. The lowest BCUT2D eigenvalue weighted by atomic mass is 10.1. The Bertz CT molecular complexity index is 650. The molecule has 0 aliphatic heterocycles. The molecule has 19 heavy (non-hydrogen) atoms. The van der Waals surface area contributed by atoms with E-state index in [1.165, 1.54) is 6.20 Å². The van der Waals surface area contributed by atoms with Crippen LogP contribution in [0, 0.1) is 0 Å². The third-order valence-electron chi connectivity index (χ3n) is 2.60. The average molecular weight is 279 g/mol. The van der Waals surface area contributed by atoms with Gasteiger partial charge in [0.25, 0.3) is 5.56 Å². The average Bonchev–Trinajstić information content (AvgIpc) is 2.38. The number of aliphatic carboxylic acids is 1. The predicted molar refractivity (Wildman–Crippen MR) is 71.3 cm³/mol. The van der Waals surface area contributed by atoms with Gasteiger partial charge in [0.2, 0.25) is 0 Å². The second-order valence-corrected chi connectivity index (χ2v) is 4.42. The number of nitrogens with zero attached hydrogens (tertiary/aromatic N) is 1. The van der Waals surface area contributed by atoms with Gasteiger partial charge >= 0.3 is 5.97 Å². The van der Waals surface area contributed by atoms with Crippen LogP contribution in [0.5, 0.6) is 0 Å². The number of aromatic amines is 1. The van der Waals surface area contributed by atoms with Gasteiger partial charge in [-0.2, -0.15) is 0 Å². The molecule has 2 aromatic rings. The Balaban J connectivity index is 2.26. The summed E-state index contributed by atoms with van der Waals surface area (Å²) in [7, 11) is 0. The molecule has 2 rings (SSSR count). The van der Waals surface area contributed by atoms with Gasteiger partial charge in [-0.25, -0.2) is 4.98 Å². The Morgan fingerprint density at radius 3 is 2.58 bits per heavy atom. The van der Waals surface area contributed by atoms with Gasteiger partial charge in [0.15, 0.2) is 0 Å². The zero-order valence-corrected chi connectivity index (χ0v) is 10.6. The summed E-state index contributed by atoms with van der Waals surface area (Å²) in [4.78, 5) is 29.0. The maximum absolute atomic E-state index is 11.8. The Labute approximate surface area is 113 Å². The molecule has 98 valence electrons. The van der Waals surface area contributed by atoms with Crippen LogP contribution in [0.3, 0.4) is 0 Å². The maximum atomic E-state index is 11.8. The Hall–Kier alpha value is -2.14. The molecule has 0 saturated carbocycles. The third-order valence-corrected chi connectivity index (χ3v) is 2.85. The molecule has 0 bridgehead atoms. The number of carboxylic acid groups (broad SMARTS) is 1. The largest absolute Gasteiger partial charge is 0.481 e. The first-order chi connectivity index (χ1) is 9.06. The van der Waals surface area contributed by atoms with Crippen LogP contribution in [0.1, 0.15) is 12.0 Å². The lowest BCUT2D eigenvalue weighted by Gasteiger charge is -2.02. The molecule has 0 radical (unpaired) electrons. The number of benzene rings is 1. The summed E-state index contributed by atoms with van der Waals surface area (Å²) in [5.74, 6) is -0.512. The lowest BCUT2D eigenvalue weighted by molar-refractivity contribution is -0.136. The van der Waals surface area contributed by atoms with Crippen molar-refractivity contribution in [1.29, 1.82) is 0 Å². The fourth-order valence-electron chi connectivity index (χ4n) is 1.60. The highest BCUT2D eigenvalue weighted by molar-refractivity contribution is 6.30. The number of halogens is 1. The molecule has 0 aliphatic rings. The Kier molecular flexibility index (Phi) is 3.97. The SMILES string of the molecule is O=C(O)CCc1cnc(-c2ccc(Cl)cc2)[nH]c1=O. The fraction of sp³-hybridized carbons (Fsp3) is 0.154. The van der Waals surface area contributed by atoms with Crippen LogP contribution in [-0.2, 0) is 11.2 Å². The molecule has 5 nitrogen and oxygen atoms in total. The predicted octanol–water partition coefficient (Wildman–Crippen LogP) is 2.11. The molecule has 0 aliphatic carbocycles. The summed E-state index contributed by atoms with van der Waals surface area (Å²) in [6.45, 7) is 0. The highest BCUT2D eigenvalue weighted by Gasteiger charge is 2.06. The fourth-order valence-corrected chi connectivity index (χ4v) is 1.72. The van der Waals surface area contributed by atoms with Crippen LogP contribution < -0.4 is 5.56 Å². The van der Waals surface area contributed by atoms with Crippen molar-refractivity contribution in [3.8, 4) is 11.4 Å². The molecule has 1 aromatic carbocycles. The van der Waals surface area contributed by atoms with Crippen LogP contribution in [-0.4, -0.2) is 21.0 Å². The molecular weight excluding hydrogens is 268 g/mol. The minimum Gasteiger partial charge on any atom is -0.481 e. The summed E-state index contributed by atoms with van der Waals surface area (Å²) >= 11 is 5.78. The van der Waals surface area contributed by atoms with E-state index < -0.39 is 5.97 Å². The van der Waals surface area contributed by atoms with E-state index in [4.69, 9.17) is 16.7 Å². The summed E-state index contributed by atoms with van der Waals surface area (Å²) in [6.07, 6.45) is 1.48. The van der Waals surface area contributed by atoms with E-state index in [0.29, 0.717) is 16.4 Å². The topological polar surface area (TPSA) is 83.0 Å². The van der Waals surface area contributed by atoms with E-state index in [0.717, 1.165) is 5.56 Å². The second-order valence-electron chi connectivity index (χ2n) is 3.99. The van der Waals surface area contributed by atoms with E-state index >= 15 is 0 Å². The van der Waals surface area contributed by atoms with E-state index in [-0.39, 0.29) is 18.4 Å². The van der Waals surface area contributed by atoms with E-state index in [1.54, 1.807) is 24.3 Å². The first-order valence-electron chi connectivity index (χ1n) is 5.62. The van der Waals surface area contributed by atoms with Gasteiger partial charge in [-0.3, -0.25) is 9.59 Å². The first-order valence-corrected chi connectivity index (χ1v) is 6.00. The number of aromatic nitrogens is 2. The van der Waals surface area contributed by atoms with Crippen molar-refractivity contribution in [2.75, 3.05) is 0 Å². The van der Waals surface area contributed by atoms with Gasteiger partial charge < -0.3 is 10.1 Å². The van der Waals surface area contributed by atoms with Gasteiger partial charge in [0.05, 0.1) is 0 Å². The number of carbonyl (C=O) groups is 1. The van der Waals surface area contributed by atoms with Crippen LogP contribution in [0.4, 0.5) is 0 Å². The highest BCUT2D eigenvalue weighted by atomic mass is 35.5. The molecule has 2 N–H and O–H groups in total. The van der Waals surface area contributed by atoms with Crippen molar-refractivity contribution in [2.45, 2.75) is 12.8 Å². The number of nitrogens with one attached hydrogen (secondary N) is 1. The van der Waals surface area contributed by atoms with Gasteiger partial charge in [-0.15, -0.1) is 0 Å². The van der Waals surface area contributed by atoms with Gasteiger partial charge in [0, 0.05) is 28.8 Å². The van der Waals surface area contributed by atoms with E-state index in [2.05, 4.69) is 9.97 Å². The minimum absolute atomic E-state index is 0.0922. The summed E-state index contributed by atoms with van der Waals surface area (Å²) in [5, 5.41) is 9.18. The summed E-state index contributed by atoms with van der Waals surface area (Å²) < 4.78 is 0. The lowest BCUT2D eigenvalue weighted by Crippen LogP contribution is -2.15. The van der Waals surface area contributed by atoms with Crippen molar-refractivity contribution in [2.24, 2.45) is 0 Å². The van der Waals surface area contributed by atoms with Crippen molar-refractivity contribution in [3.63, 3.8) is 0 Å². The number of hydrogen-bond donors (Lipinski definition) is 2. The molecule has 0 spiro atoms. The molecule has 0 saturated heterocycles. The molecular formula is C13H11ClN2O3.